The van der Waals surface area contributed by atoms with Gasteiger partial charge in [-0.3, -0.25) is 9.69 Å². The van der Waals surface area contributed by atoms with Gasteiger partial charge in [-0.2, -0.15) is 0 Å². The number of carbonyl (C=O) groups excluding carboxylic acids is 1. The first kappa shape index (κ1) is 29.5. The van der Waals surface area contributed by atoms with Crippen molar-refractivity contribution in [3.05, 3.63) is 29.8 Å². The molecule has 0 saturated carbocycles. The largest absolute Gasteiger partial charge is 0.484 e. The number of ether oxygens (including phenoxy) is 1. The zero-order valence-electron chi connectivity index (χ0n) is 20.0. The van der Waals surface area contributed by atoms with Crippen molar-refractivity contribution in [1.29, 1.82) is 0 Å². The van der Waals surface area contributed by atoms with E-state index in [1.54, 1.807) is 0 Å². The maximum Gasteiger partial charge on any atom is 0.257 e. The van der Waals surface area contributed by atoms with E-state index < -0.39 is 0 Å². The molecule has 3 N–H and O–H groups in total. The number of carbonyl (C=O) groups is 1. The minimum absolute atomic E-state index is 0. The van der Waals surface area contributed by atoms with Gasteiger partial charge in [0.05, 0.1) is 6.54 Å². The molecular formula is C23H42IN5O2. The number of halogens is 1. The molecule has 0 aliphatic heterocycles. The highest BCUT2D eigenvalue weighted by Gasteiger charge is 2.12. The lowest BCUT2D eigenvalue weighted by atomic mass is 10.2. The number of nitrogens with zero attached hydrogens (tertiary/aromatic N) is 2. The van der Waals surface area contributed by atoms with Gasteiger partial charge in [-0.1, -0.05) is 12.1 Å². The third-order valence-corrected chi connectivity index (χ3v) is 4.62. The highest BCUT2D eigenvalue weighted by molar-refractivity contribution is 14.0. The van der Waals surface area contributed by atoms with Crippen LogP contribution in [0, 0.1) is 0 Å². The van der Waals surface area contributed by atoms with E-state index >= 15 is 0 Å². The molecule has 0 heterocycles. The molecule has 8 heteroatoms. The molecule has 0 spiro atoms. The van der Waals surface area contributed by atoms with Crippen LogP contribution in [-0.4, -0.2) is 61.6 Å². The Bertz CT molecular complexity index is 645. The van der Waals surface area contributed by atoms with Crippen LogP contribution >= 0.6 is 24.0 Å². The second-order valence-electron chi connectivity index (χ2n) is 7.79. The molecule has 1 rings (SSSR count). The van der Waals surface area contributed by atoms with Crippen LogP contribution in [0.3, 0.4) is 0 Å². The average Bonchev–Trinajstić information content (AvgIpc) is 2.70. The Balaban J connectivity index is 0.00000900. The highest BCUT2D eigenvalue weighted by atomic mass is 127. The smallest absolute Gasteiger partial charge is 0.257 e. The van der Waals surface area contributed by atoms with Crippen LogP contribution in [0.15, 0.2) is 29.3 Å². The van der Waals surface area contributed by atoms with Crippen molar-refractivity contribution in [3.63, 3.8) is 0 Å². The average molecular weight is 548 g/mol. The van der Waals surface area contributed by atoms with Crippen LogP contribution in [0.5, 0.6) is 5.75 Å². The molecule has 1 amide bonds. The van der Waals surface area contributed by atoms with Crippen molar-refractivity contribution in [2.24, 2.45) is 4.99 Å². The topological polar surface area (TPSA) is 78.0 Å². The SMILES string of the molecule is CCNC(=O)COc1cccc(CN=C(NCC)NCCCN(C(C)C)C(C)C)c1.I. The third kappa shape index (κ3) is 12.8. The Kier molecular flexibility index (Phi) is 16.2. The maximum atomic E-state index is 11.6. The third-order valence-electron chi connectivity index (χ3n) is 4.62. The number of amides is 1. The fourth-order valence-corrected chi connectivity index (χ4v) is 3.22. The molecule has 0 unspecified atom stereocenters. The summed E-state index contributed by atoms with van der Waals surface area (Å²) in [4.78, 5) is 18.7. The summed E-state index contributed by atoms with van der Waals surface area (Å²) in [6.07, 6.45) is 1.06. The van der Waals surface area contributed by atoms with Gasteiger partial charge in [0.15, 0.2) is 12.6 Å². The molecule has 0 atom stereocenters. The zero-order valence-corrected chi connectivity index (χ0v) is 22.4. The molecule has 1 aromatic carbocycles. The van der Waals surface area contributed by atoms with Gasteiger partial charge < -0.3 is 20.7 Å². The Morgan fingerprint density at radius 2 is 1.74 bits per heavy atom. The number of nitrogens with one attached hydrogen (secondary N) is 3. The van der Waals surface area contributed by atoms with Crippen LogP contribution in [0.25, 0.3) is 0 Å². The fraction of sp³-hybridized carbons (Fsp3) is 0.652. The summed E-state index contributed by atoms with van der Waals surface area (Å²) in [5.74, 6) is 1.37. The van der Waals surface area contributed by atoms with Crippen LogP contribution in [0.2, 0.25) is 0 Å². The summed E-state index contributed by atoms with van der Waals surface area (Å²) >= 11 is 0. The second kappa shape index (κ2) is 17.1. The van der Waals surface area contributed by atoms with Crippen molar-refractivity contribution in [1.82, 2.24) is 20.9 Å². The Morgan fingerprint density at radius 3 is 2.35 bits per heavy atom. The first-order chi connectivity index (χ1) is 14.4. The Hall–Kier alpha value is -1.55. The predicted octanol–water partition coefficient (Wildman–Crippen LogP) is 3.38. The number of hydrogen-bond donors (Lipinski definition) is 3. The second-order valence-corrected chi connectivity index (χ2v) is 7.79. The standard InChI is InChI=1S/C23H41N5O2.HI/c1-7-24-22(29)17-30-21-12-9-11-20(15-21)16-27-23(25-8-2)26-13-10-14-28(18(3)4)19(5)6;/h9,11-12,15,18-19H,7-8,10,13-14,16-17H2,1-6H3,(H,24,29)(H2,25,26,27);1H. The normalized spacial score (nSPS) is 11.5. The van der Waals surface area contributed by atoms with Crippen LogP contribution in [-0.2, 0) is 11.3 Å². The van der Waals surface area contributed by atoms with E-state index in [2.05, 4.69) is 60.5 Å². The molecule has 7 nitrogen and oxygen atoms in total. The molecule has 0 saturated heterocycles. The first-order valence-electron chi connectivity index (χ1n) is 11.1. The quantitative estimate of drug-likeness (QED) is 0.153. The lowest BCUT2D eigenvalue weighted by molar-refractivity contribution is -0.122. The van der Waals surface area contributed by atoms with Gasteiger partial charge >= 0.3 is 0 Å². The summed E-state index contributed by atoms with van der Waals surface area (Å²) in [5, 5.41) is 9.44. The fourth-order valence-electron chi connectivity index (χ4n) is 3.22. The van der Waals surface area contributed by atoms with Crippen molar-refractivity contribution in [3.8, 4) is 5.75 Å². The Labute approximate surface area is 205 Å². The van der Waals surface area contributed by atoms with Gasteiger partial charge in [-0.15, -0.1) is 24.0 Å². The van der Waals surface area contributed by atoms with Gasteiger partial charge in [0.25, 0.3) is 5.91 Å². The van der Waals surface area contributed by atoms with Gasteiger partial charge in [0.1, 0.15) is 5.75 Å². The lowest BCUT2D eigenvalue weighted by Crippen LogP contribution is -2.41. The van der Waals surface area contributed by atoms with Gasteiger partial charge in [-0.25, -0.2) is 4.99 Å². The van der Waals surface area contributed by atoms with E-state index in [-0.39, 0.29) is 36.5 Å². The molecule has 0 aliphatic rings. The van der Waals surface area contributed by atoms with E-state index in [0.29, 0.717) is 30.9 Å². The van der Waals surface area contributed by atoms with Crippen LogP contribution in [0.4, 0.5) is 0 Å². The minimum atomic E-state index is -0.118. The number of aliphatic imine (C=N–C) groups is 1. The first-order valence-corrected chi connectivity index (χ1v) is 11.1. The molecule has 0 aromatic heterocycles. The Morgan fingerprint density at radius 1 is 1.06 bits per heavy atom. The van der Waals surface area contributed by atoms with Crippen LogP contribution < -0.4 is 20.7 Å². The lowest BCUT2D eigenvalue weighted by Gasteiger charge is -2.30. The monoisotopic (exact) mass is 547 g/mol. The molecule has 178 valence electrons. The summed E-state index contributed by atoms with van der Waals surface area (Å²) in [5.41, 5.74) is 1.03. The van der Waals surface area contributed by atoms with Crippen molar-refractivity contribution < 1.29 is 9.53 Å². The van der Waals surface area contributed by atoms with Crippen molar-refractivity contribution in [2.75, 3.05) is 32.8 Å². The molecule has 0 aliphatic carbocycles. The predicted molar refractivity (Wildman–Crippen MR) is 140 cm³/mol. The molecule has 1 aromatic rings. The maximum absolute atomic E-state index is 11.6. The van der Waals surface area contributed by atoms with Gasteiger partial charge in [0, 0.05) is 38.3 Å². The summed E-state index contributed by atoms with van der Waals surface area (Å²) in [6, 6.07) is 8.81. The number of rotatable bonds is 13. The summed E-state index contributed by atoms with van der Waals surface area (Å²) in [7, 11) is 0. The highest BCUT2D eigenvalue weighted by Crippen LogP contribution is 2.14. The van der Waals surface area contributed by atoms with Crippen LogP contribution in [0.1, 0.15) is 53.5 Å². The van der Waals surface area contributed by atoms with Gasteiger partial charge in [0.2, 0.25) is 0 Å². The summed E-state index contributed by atoms with van der Waals surface area (Å²) < 4.78 is 5.56. The van der Waals surface area contributed by atoms with Crippen molar-refractivity contribution >= 4 is 35.8 Å². The number of guanidine groups is 1. The molecular weight excluding hydrogens is 505 g/mol. The van der Waals surface area contributed by atoms with E-state index in [4.69, 9.17) is 4.74 Å². The summed E-state index contributed by atoms with van der Waals surface area (Å²) in [6.45, 7) is 16.8. The molecule has 0 radical (unpaired) electrons. The van der Waals surface area contributed by atoms with E-state index in [9.17, 15) is 4.79 Å². The molecule has 31 heavy (non-hydrogen) atoms. The minimum Gasteiger partial charge on any atom is -0.484 e. The number of benzene rings is 1. The van der Waals surface area contributed by atoms with Gasteiger partial charge in [-0.05, 0) is 65.7 Å². The van der Waals surface area contributed by atoms with E-state index in [1.807, 2.05) is 31.2 Å². The van der Waals surface area contributed by atoms with E-state index in [1.165, 1.54) is 0 Å². The zero-order chi connectivity index (χ0) is 22.4. The van der Waals surface area contributed by atoms with Crippen molar-refractivity contribution in [2.45, 2.75) is 66.6 Å². The number of likely N-dealkylation sites (N-methyl/N-ethyl adjacent to an activating group) is 1. The van der Waals surface area contributed by atoms with E-state index in [0.717, 1.165) is 37.6 Å². The number of hydrogen-bond acceptors (Lipinski definition) is 4. The molecule has 0 bridgehead atoms. The molecule has 0 fully saturated rings.